The summed E-state index contributed by atoms with van der Waals surface area (Å²) >= 11 is 0. The van der Waals surface area contributed by atoms with Gasteiger partial charge in [0.15, 0.2) is 0 Å². The van der Waals surface area contributed by atoms with Gasteiger partial charge in [-0.2, -0.15) is 0 Å². The van der Waals surface area contributed by atoms with Crippen molar-refractivity contribution in [2.75, 3.05) is 26.8 Å². The number of carbonyl (C=O) groups is 1. The van der Waals surface area contributed by atoms with Crippen molar-refractivity contribution in [3.63, 3.8) is 0 Å². The summed E-state index contributed by atoms with van der Waals surface area (Å²) in [5, 5.41) is 0. The summed E-state index contributed by atoms with van der Waals surface area (Å²) in [4.78, 5) is 22.6. The number of nitrogens with zero attached hydrogens (tertiary/aromatic N) is 2. The Morgan fingerprint density at radius 1 is 1.10 bits per heavy atom. The summed E-state index contributed by atoms with van der Waals surface area (Å²) in [7, 11) is 1.64. The van der Waals surface area contributed by atoms with Gasteiger partial charge in [-0.05, 0) is 55.7 Å². The van der Waals surface area contributed by atoms with Crippen molar-refractivity contribution < 1.29 is 14.3 Å². The number of likely N-dealkylation sites (tertiary alicyclic amines) is 1. The first-order chi connectivity index (χ1) is 14.2. The molecule has 1 saturated heterocycles. The molecule has 4 rings (SSSR count). The number of hydrogen-bond acceptors (Lipinski definition) is 4. The minimum Gasteiger partial charge on any atom is -0.497 e. The van der Waals surface area contributed by atoms with Gasteiger partial charge in [-0.15, -0.1) is 0 Å². The lowest BCUT2D eigenvalue weighted by Gasteiger charge is -2.31. The molecule has 2 aromatic carbocycles. The molecule has 0 saturated carbocycles. The molecule has 0 aliphatic carbocycles. The fourth-order valence-electron chi connectivity index (χ4n) is 3.81. The van der Waals surface area contributed by atoms with Crippen LogP contribution in [0.15, 0.2) is 48.5 Å². The van der Waals surface area contributed by atoms with E-state index >= 15 is 0 Å². The highest BCUT2D eigenvalue weighted by Gasteiger charge is 2.25. The number of nitrogens with one attached hydrogen (secondary N) is 1. The number of hydrogen-bond donors (Lipinski definition) is 1. The van der Waals surface area contributed by atoms with Gasteiger partial charge in [0.05, 0.1) is 24.8 Å². The molecule has 1 N–H and O–H groups in total. The van der Waals surface area contributed by atoms with Crippen LogP contribution >= 0.6 is 0 Å². The Hall–Kier alpha value is -3.02. The molecule has 0 spiro atoms. The van der Waals surface area contributed by atoms with E-state index in [1.165, 1.54) is 0 Å². The Morgan fingerprint density at radius 3 is 2.55 bits per heavy atom. The van der Waals surface area contributed by atoms with Gasteiger partial charge < -0.3 is 19.4 Å². The molecule has 6 heteroatoms. The molecule has 152 valence electrons. The second-order valence-corrected chi connectivity index (χ2v) is 7.42. The quantitative estimate of drug-likeness (QED) is 0.613. The van der Waals surface area contributed by atoms with Gasteiger partial charge in [-0.3, -0.25) is 4.79 Å². The Kier molecular flexibility index (Phi) is 5.98. The third kappa shape index (κ3) is 4.70. The van der Waals surface area contributed by atoms with Crippen LogP contribution in [0.25, 0.3) is 11.0 Å². The Balaban J connectivity index is 1.19. The van der Waals surface area contributed by atoms with Crippen molar-refractivity contribution in [2.45, 2.75) is 31.6 Å². The monoisotopic (exact) mass is 393 g/mol. The lowest BCUT2D eigenvalue weighted by atomic mass is 9.96. The van der Waals surface area contributed by atoms with Gasteiger partial charge in [0, 0.05) is 25.4 Å². The fourth-order valence-corrected chi connectivity index (χ4v) is 3.81. The van der Waals surface area contributed by atoms with E-state index in [9.17, 15) is 4.79 Å². The maximum absolute atomic E-state index is 12.5. The van der Waals surface area contributed by atoms with E-state index in [0.29, 0.717) is 25.4 Å². The smallest absolute Gasteiger partial charge is 0.222 e. The van der Waals surface area contributed by atoms with Crippen LogP contribution < -0.4 is 9.47 Å². The number of carbonyl (C=O) groups excluding carboxylic acids is 1. The van der Waals surface area contributed by atoms with Gasteiger partial charge in [0.1, 0.15) is 17.3 Å². The lowest BCUT2D eigenvalue weighted by Crippen LogP contribution is -2.38. The third-order valence-electron chi connectivity index (χ3n) is 5.51. The highest BCUT2D eigenvalue weighted by molar-refractivity contribution is 5.76. The normalized spacial score (nSPS) is 14.9. The second-order valence-electron chi connectivity index (χ2n) is 7.42. The summed E-state index contributed by atoms with van der Waals surface area (Å²) in [5.74, 6) is 3.26. The maximum atomic E-state index is 12.5. The van der Waals surface area contributed by atoms with E-state index in [1.807, 2.05) is 47.4 Å². The number of piperidine rings is 1. The number of benzene rings is 2. The van der Waals surface area contributed by atoms with Gasteiger partial charge >= 0.3 is 0 Å². The molecule has 0 atom stereocenters. The molecule has 0 radical (unpaired) electrons. The van der Waals surface area contributed by atoms with E-state index in [0.717, 1.165) is 54.3 Å². The van der Waals surface area contributed by atoms with Crippen molar-refractivity contribution in [2.24, 2.45) is 0 Å². The van der Waals surface area contributed by atoms with Crippen molar-refractivity contribution >= 4 is 16.9 Å². The first-order valence-corrected chi connectivity index (χ1v) is 10.2. The minimum absolute atomic E-state index is 0.214. The topological polar surface area (TPSA) is 67.5 Å². The van der Waals surface area contributed by atoms with E-state index < -0.39 is 0 Å². The van der Waals surface area contributed by atoms with E-state index in [4.69, 9.17) is 14.5 Å². The molecule has 1 aromatic heterocycles. The zero-order valence-electron chi connectivity index (χ0n) is 16.8. The van der Waals surface area contributed by atoms with Crippen LogP contribution in [0.5, 0.6) is 11.5 Å². The van der Waals surface area contributed by atoms with Crippen molar-refractivity contribution in [1.82, 2.24) is 14.9 Å². The number of ether oxygens (including phenoxy) is 2. The number of aromatic nitrogens is 2. The number of amides is 1. The standard InChI is InChI=1S/C23H27N3O3/c1-28-18-8-10-19(11-9-18)29-16-4-7-22(27)26-14-12-17(13-15-26)23-24-20-5-2-3-6-21(20)25-23/h2-3,5-6,8-11,17H,4,7,12-16H2,1H3,(H,24,25). The minimum atomic E-state index is 0.214. The summed E-state index contributed by atoms with van der Waals surface area (Å²) in [6, 6.07) is 15.6. The summed E-state index contributed by atoms with van der Waals surface area (Å²) in [6.07, 6.45) is 3.14. The lowest BCUT2D eigenvalue weighted by molar-refractivity contribution is -0.132. The molecule has 29 heavy (non-hydrogen) atoms. The molecule has 0 unspecified atom stereocenters. The van der Waals surface area contributed by atoms with Crippen LogP contribution in [0, 0.1) is 0 Å². The molecule has 1 aliphatic heterocycles. The first-order valence-electron chi connectivity index (χ1n) is 10.2. The Labute approximate surface area is 170 Å². The molecule has 1 amide bonds. The van der Waals surface area contributed by atoms with Crippen molar-refractivity contribution in [3.8, 4) is 11.5 Å². The number of fused-ring (bicyclic) bond motifs is 1. The summed E-state index contributed by atoms with van der Waals surface area (Å²) in [6.45, 7) is 2.12. The van der Waals surface area contributed by atoms with E-state index in [1.54, 1.807) is 7.11 Å². The van der Waals surface area contributed by atoms with Gasteiger partial charge in [-0.1, -0.05) is 12.1 Å². The predicted octanol–water partition coefficient (Wildman–Crippen LogP) is 4.14. The number of rotatable bonds is 7. The predicted molar refractivity (Wildman–Crippen MR) is 112 cm³/mol. The van der Waals surface area contributed by atoms with E-state index in [-0.39, 0.29) is 5.91 Å². The van der Waals surface area contributed by atoms with Crippen LogP contribution in [-0.4, -0.2) is 47.6 Å². The summed E-state index contributed by atoms with van der Waals surface area (Å²) < 4.78 is 10.8. The molecule has 0 bridgehead atoms. The zero-order chi connectivity index (χ0) is 20.1. The number of para-hydroxylation sites is 2. The second kappa shape index (κ2) is 8.99. The van der Waals surface area contributed by atoms with Crippen molar-refractivity contribution in [1.29, 1.82) is 0 Å². The first kappa shape index (κ1) is 19.3. The highest BCUT2D eigenvalue weighted by atomic mass is 16.5. The zero-order valence-corrected chi connectivity index (χ0v) is 16.8. The maximum Gasteiger partial charge on any atom is 0.222 e. The molecule has 6 nitrogen and oxygen atoms in total. The average Bonchev–Trinajstić information content (AvgIpc) is 3.21. The number of methoxy groups -OCH3 is 1. The van der Waals surface area contributed by atoms with Crippen LogP contribution in [-0.2, 0) is 4.79 Å². The van der Waals surface area contributed by atoms with Crippen LogP contribution in [0.4, 0.5) is 0 Å². The molecule has 1 fully saturated rings. The van der Waals surface area contributed by atoms with Crippen LogP contribution in [0.1, 0.15) is 37.4 Å². The van der Waals surface area contributed by atoms with Crippen LogP contribution in [0.3, 0.4) is 0 Å². The van der Waals surface area contributed by atoms with Gasteiger partial charge in [0.25, 0.3) is 0 Å². The number of aromatic amines is 1. The molecular weight excluding hydrogens is 366 g/mol. The Bertz CT molecular complexity index is 910. The summed E-state index contributed by atoms with van der Waals surface area (Å²) in [5.41, 5.74) is 2.09. The largest absolute Gasteiger partial charge is 0.497 e. The molecule has 1 aliphatic rings. The van der Waals surface area contributed by atoms with E-state index in [2.05, 4.69) is 11.1 Å². The third-order valence-corrected chi connectivity index (χ3v) is 5.51. The van der Waals surface area contributed by atoms with Crippen LogP contribution in [0.2, 0.25) is 0 Å². The van der Waals surface area contributed by atoms with Crippen molar-refractivity contribution in [3.05, 3.63) is 54.4 Å². The average molecular weight is 393 g/mol. The van der Waals surface area contributed by atoms with Gasteiger partial charge in [0.2, 0.25) is 5.91 Å². The van der Waals surface area contributed by atoms with Gasteiger partial charge in [-0.25, -0.2) is 4.98 Å². The molecular formula is C23H27N3O3. The Morgan fingerprint density at radius 2 is 1.83 bits per heavy atom. The SMILES string of the molecule is COc1ccc(OCCCC(=O)N2CCC(c3nc4ccccc4[nH]3)CC2)cc1. The molecule has 2 heterocycles. The highest BCUT2D eigenvalue weighted by Crippen LogP contribution is 2.28. The number of H-pyrrole nitrogens is 1. The number of imidazole rings is 1. The fraction of sp³-hybridized carbons (Fsp3) is 0.391. The molecule has 3 aromatic rings.